The van der Waals surface area contributed by atoms with E-state index in [0.717, 1.165) is 11.8 Å². The molecule has 0 bridgehead atoms. The zero-order valence-corrected chi connectivity index (χ0v) is 9.43. The van der Waals surface area contributed by atoms with E-state index in [0.29, 0.717) is 24.5 Å². The molecule has 0 radical (unpaired) electrons. The summed E-state index contributed by atoms with van der Waals surface area (Å²) in [5.74, 6) is -0.429. The van der Waals surface area contributed by atoms with Crippen molar-refractivity contribution in [2.75, 3.05) is 11.9 Å². The number of nitrogens with zero attached hydrogens (tertiary/aromatic N) is 1. The summed E-state index contributed by atoms with van der Waals surface area (Å²) in [6, 6.07) is 3.53. The van der Waals surface area contributed by atoms with Crippen LogP contribution in [0.25, 0.3) is 0 Å². The van der Waals surface area contributed by atoms with Gasteiger partial charge in [0.2, 0.25) is 0 Å². The molecule has 1 aromatic carbocycles. The Kier molecular flexibility index (Phi) is 3.37. The molecule has 0 aliphatic rings. The van der Waals surface area contributed by atoms with E-state index in [2.05, 4.69) is 15.3 Å². The van der Waals surface area contributed by atoms with Crippen molar-refractivity contribution < 1.29 is 8.78 Å². The molecule has 2 N–H and O–H groups in total. The summed E-state index contributed by atoms with van der Waals surface area (Å²) in [6.07, 6.45) is 2.25. The smallest absolute Gasteiger partial charge is 0.200 e. The van der Waals surface area contributed by atoms with E-state index in [9.17, 15) is 8.78 Å². The number of H-pyrrole nitrogens is 1. The minimum Gasteiger partial charge on any atom is -0.355 e. The van der Waals surface area contributed by atoms with Gasteiger partial charge in [0.25, 0.3) is 0 Å². The van der Waals surface area contributed by atoms with Crippen molar-refractivity contribution in [3.05, 3.63) is 47.3 Å². The van der Waals surface area contributed by atoms with Gasteiger partial charge in [-0.15, -0.1) is 0 Å². The molecule has 5 heteroatoms. The standard InChI is InChI=1S/C12H13F2N3/c1-8-7-16-12(17-8)15-3-2-9-4-10(13)6-11(14)5-9/h4-7H,2-3H2,1H3,(H2,15,16,17). The highest BCUT2D eigenvalue weighted by Crippen LogP contribution is 2.09. The quantitative estimate of drug-likeness (QED) is 0.858. The number of aryl methyl sites for hydroxylation is 1. The molecule has 0 amide bonds. The minimum atomic E-state index is -0.547. The highest BCUT2D eigenvalue weighted by molar-refractivity contribution is 5.27. The van der Waals surface area contributed by atoms with Crippen LogP contribution in [-0.4, -0.2) is 16.5 Å². The van der Waals surface area contributed by atoms with Gasteiger partial charge in [-0.1, -0.05) is 0 Å². The zero-order valence-electron chi connectivity index (χ0n) is 9.43. The van der Waals surface area contributed by atoms with Crippen molar-refractivity contribution in [1.82, 2.24) is 9.97 Å². The first-order chi connectivity index (χ1) is 8.13. The maximum absolute atomic E-state index is 12.9. The summed E-state index contributed by atoms with van der Waals surface area (Å²) in [4.78, 5) is 7.08. The van der Waals surface area contributed by atoms with Crippen LogP contribution in [0.4, 0.5) is 14.7 Å². The van der Waals surface area contributed by atoms with E-state index in [1.165, 1.54) is 12.1 Å². The SMILES string of the molecule is Cc1cnc(NCCc2cc(F)cc(F)c2)[nH]1. The third-order valence-electron chi connectivity index (χ3n) is 2.33. The van der Waals surface area contributed by atoms with E-state index in [1.807, 2.05) is 6.92 Å². The molecule has 17 heavy (non-hydrogen) atoms. The molecule has 0 fully saturated rings. The number of aromatic amines is 1. The molecular weight excluding hydrogens is 224 g/mol. The van der Waals surface area contributed by atoms with Gasteiger partial charge in [0.15, 0.2) is 5.95 Å². The second-order valence-corrected chi connectivity index (χ2v) is 3.87. The van der Waals surface area contributed by atoms with Crippen LogP contribution >= 0.6 is 0 Å². The van der Waals surface area contributed by atoms with Crippen LogP contribution in [-0.2, 0) is 6.42 Å². The monoisotopic (exact) mass is 237 g/mol. The molecule has 0 unspecified atom stereocenters. The van der Waals surface area contributed by atoms with Gasteiger partial charge < -0.3 is 10.3 Å². The molecule has 0 aliphatic carbocycles. The van der Waals surface area contributed by atoms with Crippen LogP contribution in [0.2, 0.25) is 0 Å². The molecule has 0 saturated carbocycles. The number of aromatic nitrogens is 2. The topological polar surface area (TPSA) is 40.7 Å². The number of benzene rings is 1. The molecule has 0 aliphatic heterocycles. The average molecular weight is 237 g/mol. The Labute approximate surface area is 97.9 Å². The van der Waals surface area contributed by atoms with Crippen LogP contribution < -0.4 is 5.32 Å². The molecular formula is C12H13F2N3. The van der Waals surface area contributed by atoms with Crippen molar-refractivity contribution >= 4 is 5.95 Å². The summed E-state index contributed by atoms with van der Waals surface area (Å²) in [7, 11) is 0. The van der Waals surface area contributed by atoms with E-state index >= 15 is 0 Å². The molecule has 90 valence electrons. The number of hydrogen-bond acceptors (Lipinski definition) is 2. The normalized spacial score (nSPS) is 10.5. The lowest BCUT2D eigenvalue weighted by Gasteiger charge is -2.03. The van der Waals surface area contributed by atoms with Gasteiger partial charge in [-0.05, 0) is 31.0 Å². The predicted molar refractivity (Wildman–Crippen MR) is 61.9 cm³/mol. The molecule has 2 aromatic rings. The first-order valence-corrected chi connectivity index (χ1v) is 5.34. The fourth-order valence-electron chi connectivity index (χ4n) is 1.58. The van der Waals surface area contributed by atoms with Crippen molar-refractivity contribution in [3.63, 3.8) is 0 Å². The van der Waals surface area contributed by atoms with E-state index < -0.39 is 11.6 Å². The maximum atomic E-state index is 12.9. The third-order valence-corrected chi connectivity index (χ3v) is 2.33. The van der Waals surface area contributed by atoms with Crippen molar-refractivity contribution in [2.45, 2.75) is 13.3 Å². The first kappa shape index (κ1) is 11.6. The van der Waals surface area contributed by atoms with Gasteiger partial charge in [-0.3, -0.25) is 0 Å². The van der Waals surface area contributed by atoms with Crippen LogP contribution in [0, 0.1) is 18.6 Å². The first-order valence-electron chi connectivity index (χ1n) is 5.34. The summed E-state index contributed by atoms with van der Waals surface area (Å²) >= 11 is 0. The van der Waals surface area contributed by atoms with E-state index in [1.54, 1.807) is 6.20 Å². The molecule has 0 spiro atoms. The van der Waals surface area contributed by atoms with Crippen LogP contribution in [0.3, 0.4) is 0 Å². The summed E-state index contributed by atoms with van der Waals surface area (Å²) < 4.78 is 25.8. The Hall–Kier alpha value is -1.91. The molecule has 1 aromatic heterocycles. The fraction of sp³-hybridized carbons (Fsp3) is 0.250. The van der Waals surface area contributed by atoms with Crippen molar-refractivity contribution in [1.29, 1.82) is 0 Å². The lowest BCUT2D eigenvalue weighted by Crippen LogP contribution is -2.06. The number of halogens is 2. The Morgan fingerprint density at radius 2 is 1.94 bits per heavy atom. The number of imidazole rings is 1. The van der Waals surface area contributed by atoms with Gasteiger partial charge in [0, 0.05) is 24.5 Å². The minimum absolute atomic E-state index is 0.536. The van der Waals surface area contributed by atoms with E-state index in [4.69, 9.17) is 0 Å². The van der Waals surface area contributed by atoms with Crippen LogP contribution in [0.5, 0.6) is 0 Å². The van der Waals surface area contributed by atoms with Crippen molar-refractivity contribution in [2.24, 2.45) is 0 Å². The number of hydrogen-bond donors (Lipinski definition) is 2. The Morgan fingerprint density at radius 1 is 1.24 bits per heavy atom. The molecule has 1 heterocycles. The van der Waals surface area contributed by atoms with E-state index in [-0.39, 0.29) is 0 Å². The van der Waals surface area contributed by atoms with Gasteiger partial charge >= 0.3 is 0 Å². The second kappa shape index (κ2) is 4.95. The highest BCUT2D eigenvalue weighted by atomic mass is 19.1. The summed E-state index contributed by atoms with van der Waals surface area (Å²) in [5, 5.41) is 3.04. The maximum Gasteiger partial charge on any atom is 0.200 e. The molecule has 0 saturated heterocycles. The van der Waals surface area contributed by atoms with Gasteiger partial charge in [-0.2, -0.15) is 0 Å². The highest BCUT2D eigenvalue weighted by Gasteiger charge is 2.01. The number of rotatable bonds is 4. The Balaban J connectivity index is 1.89. The van der Waals surface area contributed by atoms with Gasteiger partial charge in [0.1, 0.15) is 11.6 Å². The largest absolute Gasteiger partial charge is 0.355 e. The zero-order chi connectivity index (χ0) is 12.3. The van der Waals surface area contributed by atoms with Gasteiger partial charge in [-0.25, -0.2) is 13.8 Å². The molecule has 2 rings (SSSR count). The Bertz CT molecular complexity index is 488. The van der Waals surface area contributed by atoms with Crippen LogP contribution in [0.1, 0.15) is 11.3 Å². The Morgan fingerprint density at radius 3 is 2.53 bits per heavy atom. The fourth-order valence-corrected chi connectivity index (χ4v) is 1.58. The number of nitrogens with one attached hydrogen (secondary N) is 2. The second-order valence-electron chi connectivity index (χ2n) is 3.87. The summed E-state index contributed by atoms with van der Waals surface area (Å²) in [5.41, 5.74) is 1.59. The lowest BCUT2D eigenvalue weighted by molar-refractivity contribution is 0.580. The van der Waals surface area contributed by atoms with Crippen LogP contribution in [0.15, 0.2) is 24.4 Å². The summed E-state index contributed by atoms with van der Waals surface area (Å²) in [6.45, 7) is 2.47. The van der Waals surface area contributed by atoms with Gasteiger partial charge in [0.05, 0.1) is 0 Å². The lowest BCUT2D eigenvalue weighted by atomic mass is 10.1. The molecule has 0 atom stereocenters. The average Bonchev–Trinajstić information content (AvgIpc) is 2.63. The third kappa shape index (κ3) is 3.27. The molecule has 3 nitrogen and oxygen atoms in total. The van der Waals surface area contributed by atoms with Crippen molar-refractivity contribution in [3.8, 4) is 0 Å². The predicted octanol–water partition coefficient (Wildman–Crippen LogP) is 2.65. The number of anilines is 1.